The average molecular weight is 530 g/mol. The first-order chi connectivity index (χ1) is 18.1. The van der Waals surface area contributed by atoms with Gasteiger partial charge in [0.05, 0.1) is 41.3 Å². The molecule has 0 spiro atoms. The Bertz CT molecular complexity index is 1590. The van der Waals surface area contributed by atoms with Gasteiger partial charge in [-0.3, -0.25) is 19.5 Å². The van der Waals surface area contributed by atoms with Gasteiger partial charge in [0.1, 0.15) is 23.3 Å². The van der Waals surface area contributed by atoms with E-state index in [1.54, 1.807) is 42.6 Å². The van der Waals surface area contributed by atoms with Gasteiger partial charge in [0.15, 0.2) is 5.13 Å². The van der Waals surface area contributed by atoms with Gasteiger partial charge in [-0.15, -0.1) is 0 Å². The number of nitrogens with zero attached hydrogens (tertiary/aromatic N) is 3. The molecule has 1 aliphatic heterocycles. The van der Waals surface area contributed by atoms with Crippen LogP contribution < -0.4 is 14.4 Å². The molecule has 194 valence electrons. The number of aliphatic hydroxyl groups is 1. The van der Waals surface area contributed by atoms with Gasteiger partial charge in [-0.2, -0.15) is 0 Å². The molecule has 1 saturated heterocycles. The van der Waals surface area contributed by atoms with Gasteiger partial charge in [0.2, 0.25) is 0 Å². The van der Waals surface area contributed by atoms with E-state index in [4.69, 9.17) is 14.5 Å². The molecule has 0 bridgehead atoms. The Balaban J connectivity index is 1.72. The summed E-state index contributed by atoms with van der Waals surface area (Å²) in [5.41, 5.74) is 2.33. The predicted molar refractivity (Wildman–Crippen MR) is 147 cm³/mol. The number of carbonyl (C=O) groups is 2. The fourth-order valence-electron chi connectivity index (χ4n) is 4.47. The first kappa shape index (κ1) is 25.4. The van der Waals surface area contributed by atoms with Crippen LogP contribution in [0.25, 0.3) is 16.0 Å². The van der Waals surface area contributed by atoms with Crippen molar-refractivity contribution in [3.63, 3.8) is 0 Å². The number of aromatic nitrogens is 2. The Morgan fingerprint density at radius 3 is 2.47 bits per heavy atom. The van der Waals surface area contributed by atoms with Crippen molar-refractivity contribution in [1.29, 1.82) is 0 Å². The molecule has 0 saturated carbocycles. The van der Waals surface area contributed by atoms with Crippen molar-refractivity contribution in [2.24, 2.45) is 0 Å². The largest absolute Gasteiger partial charge is 0.507 e. The molecule has 1 unspecified atom stereocenters. The maximum absolute atomic E-state index is 13.5. The Hall–Kier alpha value is -4.24. The SMILES string of the molecule is COc1ccc(OC)c(/C(O)=C2\C(=O)C(=O)N(c3nc4ccc(C(C)(C)C)cc4s3)C2c2ccccn2)c1. The van der Waals surface area contributed by atoms with Gasteiger partial charge in [0.25, 0.3) is 5.78 Å². The number of pyridine rings is 1. The molecule has 8 nitrogen and oxygen atoms in total. The number of fused-ring (bicyclic) bond motifs is 1. The fraction of sp³-hybridized carbons (Fsp3) is 0.241. The van der Waals surface area contributed by atoms with E-state index in [1.807, 2.05) is 12.1 Å². The lowest BCUT2D eigenvalue weighted by molar-refractivity contribution is -0.132. The number of ketones is 1. The maximum atomic E-state index is 13.5. The molecule has 0 radical (unpaired) electrons. The standard InChI is InChI=1S/C29H27N3O5S/c1-29(2,3)16-9-11-19-22(14-16)38-28(31-19)32-24(20-8-6-7-13-30-20)23(26(34)27(32)35)25(33)18-15-17(36-4)10-12-21(18)37-5/h6-15,24,33H,1-5H3/b25-23+. The number of carbonyl (C=O) groups excluding carboxylic acids is 2. The Morgan fingerprint density at radius 1 is 1.03 bits per heavy atom. The van der Waals surface area contributed by atoms with Crippen molar-refractivity contribution >= 4 is 44.1 Å². The minimum absolute atomic E-state index is 0.0637. The summed E-state index contributed by atoms with van der Waals surface area (Å²) in [5, 5.41) is 11.8. The van der Waals surface area contributed by atoms with Gasteiger partial charge >= 0.3 is 5.91 Å². The van der Waals surface area contributed by atoms with E-state index in [-0.39, 0.29) is 22.3 Å². The van der Waals surface area contributed by atoms with Crippen LogP contribution in [-0.2, 0) is 15.0 Å². The number of benzene rings is 2. The van der Waals surface area contributed by atoms with E-state index in [0.717, 1.165) is 10.3 Å². The molecule has 1 aliphatic rings. The number of aliphatic hydroxyl groups excluding tert-OH is 1. The zero-order valence-electron chi connectivity index (χ0n) is 21.7. The highest BCUT2D eigenvalue weighted by Gasteiger charge is 2.49. The van der Waals surface area contributed by atoms with Crippen molar-refractivity contribution < 1.29 is 24.2 Å². The predicted octanol–water partition coefficient (Wildman–Crippen LogP) is 5.63. The van der Waals surface area contributed by atoms with Gasteiger partial charge < -0.3 is 14.6 Å². The number of methoxy groups -OCH3 is 2. The normalized spacial score (nSPS) is 17.3. The van der Waals surface area contributed by atoms with Crippen LogP contribution in [0.3, 0.4) is 0 Å². The average Bonchev–Trinajstić information content (AvgIpc) is 3.45. The number of rotatable bonds is 5. The van der Waals surface area contributed by atoms with Crippen molar-refractivity contribution in [2.75, 3.05) is 19.1 Å². The molecule has 1 N–H and O–H groups in total. The molecular weight excluding hydrogens is 502 g/mol. The third-order valence-electron chi connectivity index (χ3n) is 6.52. The van der Waals surface area contributed by atoms with Crippen LogP contribution in [0, 0.1) is 0 Å². The van der Waals surface area contributed by atoms with Gasteiger partial charge in [-0.05, 0) is 53.4 Å². The molecule has 38 heavy (non-hydrogen) atoms. The van der Waals surface area contributed by atoms with Crippen molar-refractivity contribution in [2.45, 2.75) is 32.2 Å². The van der Waals surface area contributed by atoms with E-state index < -0.39 is 17.7 Å². The van der Waals surface area contributed by atoms with Gasteiger partial charge in [0, 0.05) is 6.20 Å². The van der Waals surface area contributed by atoms with E-state index in [0.29, 0.717) is 27.8 Å². The van der Waals surface area contributed by atoms with E-state index in [1.165, 1.54) is 30.5 Å². The van der Waals surface area contributed by atoms with Crippen LogP contribution in [0.4, 0.5) is 5.13 Å². The number of amides is 1. The first-order valence-corrected chi connectivity index (χ1v) is 12.8. The fourth-order valence-corrected chi connectivity index (χ4v) is 5.51. The minimum atomic E-state index is -0.991. The summed E-state index contributed by atoms with van der Waals surface area (Å²) in [4.78, 5) is 37.5. The molecule has 2 aromatic heterocycles. The van der Waals surface area contributed by atoms with Crippen LogP contribution in [0.5, 0.6) is 11.5 Å². The van der Waals surface area contributed by atoms with Crippen LogP contribution in [-0.4, -0.2) is 41.0 Å². The zero-order chi connectivity index (χ0) is 27.2. The van der Waals surface area contributed by atoms with Gasteiger partial charge in [-0.1, -0.05) is 44.2 Å². The van der Waals surface area contributed by atoms with Crippen molar-refractivity contribution in [1.82, 2.24) is 9.97 Å². The highest BCUT2D eigenvalue weighted by Crippen LogP contribution is 2.45. The quantitative estimate of drug-likeness (QED) is 0.203. The monoisotopic (exact) mass is 529 g/mol. The second-order valence-corrected chi connectivity index (χ2v) is 10.9. The van der Waals surface area contributed by atoms with Crippen LogP contribution in [0.2, 0.25) is 0 Å². The maximum Gasteiger partial charge on any atom is 0.301 e. The molecular formula is C29H27N3O5S. The summed E-state index contributed by atoms with van der Waals surface area (Å²) in [5.74, 6) is -1.23. The van der Waals surface area contributed by atoms with Crippen LogP contribution in [0.1, 0.15) is 43.6 Å². The van der Waals surface area contributed by atoms with Gasteiger partial charge in [-0.25, -0.2) is 4.98 Å². The second-order valence-electron chi connectivity index (χ2n) is 9.92. The minimum Gasteiger partial charge on any atom is -0.507 e. The number of hydrogen-bond donors (Lipinski definition) is 1. The summed E-state index contributed by atoms with van der Waals surface area (Å²) in [6, 6.07) is 15.1. The van der Waals surface area contributed by atoms with E-state index in [2.05, 4.69) is 31.8 Å². The summed E-state index contributed by atoms with van der Waals surface area (Å²) < 4.78 is 11.6. The second kappa shape index (κ2) is 9.57. The number of Topliss-reactive ketones (excluding diaryl/α,β-unsaturated/α-hetero) is 1. The Morgan fingerprint density at radius 2 is 1.82 bits per heavy atom. The smallest absolute Gasteiger partial charge is 0.301 e. The summed E-state index contributed by atoms with van der Waals surface area (Å²) in [6.07, 6.45) is 1.58. The van der Waals surface area contributed by atoms with Crippen molar-refractivity contribution in [3.8, 4) is 11.5 Å². The lowest BCUT2D eigenvalue weighted by Gasteiger charge is -2.22. The Kier molecular flexibility index (Phi) is 6.40. The molecule has 5 rings (SSSR count). The third-order valence-corrected chi connectivity index (χ3v) is 7.54. The lowest BCUT2D eigenvalue weighted by Crippen LogP contribution is -2.29. The molecule has 1 fully saturated rings. The summed E-state index contributed by atoms with van der Waals surface area (Å²) in [7, 11) is 2.96. The third kappa shape index (κ3) is 4.28. The number of thiazole rings is 1. The van der Waals surface area contributed by atoms with E-state index in [9.17, 15) is 14.7 Å². The molecule has 1 atom stereocenters. The topological polar surface area (TPSA) is 102 Å². The first-order valence-electron chi connectivity index (χ1n) is 12.0. The molecule has 3 heterocycles. The van der Waals surface area contributed by atoms with Crippen LogP contribution in [0.15, 0.2) is 66.4 Å². The number of hydrogen-bond acceptors (Lipinski definition) is 8. The molecule has 4 aromatic rings. The number of anilines is 1. The van der Waals surface area contributed by atoms with Crippen molar-refractivity contribution in [3.05, 3.63) is 83.2 Å². The lowest BCUT2D eigenvalue weighted by atomic mass is 9.87. The summed E-state index contributed by atoms with van der Waals surface area (Å²) in [6.45, 7) is 6.38. The summed E-state index contributed by atoms with van der Waals surface area (Å²) >= 11 is 1.32. The zero-order valence-corrected chi connectivity index (χ0v) is 22.5. The molecule has 2 aromatic carbocycles. The number of ether oxygens (including phenoxy) is 2. The van der Waals surface area contributed by atoms with E-state index >= 15 is 0 Å². The highest BCUT2D eigenvalue weighted by atomic mass is 32.1. The molecule has 9 heteroatoms. The highest BCUT2D eigenvalue weighted by molar-refractivity contribution is 7.22. The molecule has 0 aliphatic carbocycles. The van der Waals surface area contributed by atoms with Crippen LogP contribution >= 0.6 is 11.3 Å². The Labute approximate surface area is 224 Å². The molecule has 1 amide bonds.